The standard InChI is InChI=1S/C22H17N2.C11H19NO.Ir/c1-13-12-15-10-11-23-20-17-9-8-14-6-4-5-7-16(14)19(17)22(2,3)21(24-13)18(15)20;1-9(8-10(2)13)12-11-6-4-3-5-7-11;/h4-8,10-12H,1-3H3;8,11H,3-7H2,1-2H3,(H,12,13);/q-1;;/p-1. The number of allylic oxidation sites excluding steroid dienone is 2. The summed E-state index contributed by atoms with van der Waals surface area (Å²) in [5.41, 5.74) is 6.28. The zero-order valence-corrected chi connectivity index (χ0v) is 25.3. The predicted molar refractivity (Wildman–Crippen MR) is 153 cm³/mol. The van der Waals surface area contributed by atoms with Gasteiger partial charge in [0, 0.05) is 37.7 Å². The summed E-state index contributed by atoms with van der Waals surface area (Å²) in [6, 6.07) is 18.8. The molecule has 2 aromatic heterocycles. The van der Waals surface area contributed by atoms with Crippen molar-refractivity contribution in [3.63, 3.8) is 0 Å². The number of rotatable bonds is 3. The quantitative estimate of drug-likeness (QED) is 0.161. The van der Waals surface area contributed by atoms with Crippen LogP contribution >= 0.6 is 0 Å². The van der Waals surface area contributed by atoms with E-state index in [-0.39, 0.29) is 31.3 Å². The fraction of sp³-hybridized carbons (Fsp3) is 0.364. The van der Waals surface area contributed by atoms with Gasteiger partial charge in [-0.3, -0.25) is 9.78 Å². The Hall–Kier alpha value is -2.88. The molecule has 4 aromatic rings. The number of ketones is 1. The Balaban J connectivity index is 0.000000207. The first kappa shape index (κ1) is 28.1. The van der Waals surface area contributed by atoms with Gasteiger partial charge < -0.3 is 10.3 Å². The molecule has 1 saturated carbocycles. The number of carbonyl (C=O) groups is 1. The van der Waals surface area contributed by atoms with E-state index in [1.807, 2.05) is 13.1 Å². The summed E-state index contributed by atoms with van der Waals surface area (Å²) in [5.74, 6) is 0.0945. The Morgan fingerprint density at radius 3 is 2.55 bits per heavy atom. The van der Waals surface area contributed by atoms with Gasteiger partial charge in [0.1, 0.15) is 0 Å². The summed E-state index contributed by atoms with van der Waals surface area (Å²) in [7, 11) is 0. The maximum atomic E-state index is 10.8. The van der Waals surface area contributed by atoms with Crippen molar-refractivity contribution in [3.8, 4) is 11.3 Å². The number of hydrogen-bond donors (Lipinski definition) is 0. The van der Waals surface area contributed by atoms with Crippen LogP contribution in [0.5, 0.6) is 0 Å². The van der Waals surface area contributed by atoms with Gasteiger partial charge in [0.05, 0.1) is 0 Å². The van der Waals surface area contributed by atoms with Crippen molar-refractivity contribution in [1.82, 2.24) is 9.97 Å². The fourth-order valence-corrected chi connectivity index (χ4v) is 5.97. The number of fused-ring (bicyclic) bond motifs is 4. The van der Waals surface area contributed by atoms with Crippen LogP contribution in [0.25, 0.3) is 38.1 Å². The third-order valence-corrected chi connectivity index (χ3v) is 7.55. The topological polar surface area (TPSA) is 57.0 Å². The first-order chi connectivity index (χ1) is 17.8. The van der Waals surface area contributed by atoms with Gasteiger partial charge in [0.25, 0.3) is 0 Å². The number of benzene rings is 2. The second-order valence-electron chi connectivity index (χ2n) is 10.9. The van der Waals surface area contributed by atoms with Crippen molar-refractivity contribution < 1.29 is 24.9 Å². The molecular formula is C33H35IrN3O-2. The van der Waals surface area contributed by atoms with E-state index in [0.29, 0.717) is 6.04 Å². The zero-order valence-electron chi connectivity index (χ0n) is 22.9. The van der Waals surface area contributed by atoms with E-state index >= 15 is 0 Å². The van der Waals surface area contributed by atoms with E-state index < -0.39 is 0 Å². The van der Waals surface area contributed by atoms with Crippen LogP contribution < -0.4 is 0 Å². The van der Waals surface area contributed by atoms with Crippen LogP contribution in [0.4, 0.5) is 0 Å². The Bertz CT molecular complexity index is 1520. The Kier molecular flexibility index (Phi) is 8.49. The monoisotopic (exact) mass is 682 g/mol. The van der Waals surface area contributed by atoms with Crippen molar-refractivity contribution in [3.05, 3.63) is 88.8 Å². The second kappa shape index (κ2) is 11.5. The Morgan fingerprint density at radius 1 is 1.08 bits per heavy atom. The zero-order chi connectivity index (χ0) is 26.2. The molecule has 2 aromatic carbocycles. The average molecular weight is 682 g/mol. The minimum absolute atomic E-state index is 0. The molecule has 2 heterocycles. The molecule has 0 atom stereocenters. The predicted octanol–water partition coefficient (Wildman–Crippen LogP) is 8.38. The summed E-state index contributed by atoms with van der Waals surface area (Å²) in [5, 5.41) is 9.38. The largest absolute Gasteiger partial charge is 0.685 e. The smallest absolute Gasteiger partial charge is 0.151 e. The van der Waals surface area contributed by atoms with Gasteiger partial charge in [-0.25, -0.2) is 0 Å². The van der Waals surface area contributed by atoms with Crippen LogP contribution in [-0.2, 0) is 30.3 Å². The maximum absolute atomic E-state index is 10.8. The van der Waals surface area contributed by atoms with E-state index in [0.717, 1.165) is 28.3 Å². The maximum Gasteiger partial charge on any atom is 0.151 e. The molecule has 4 nitrogen and oxygen atoms in total. The third kappa shape index (κ3) is 5.46. The summed E-state index contributed by atoms with van der Waals surface area (Å²) in [6.07, 6.45) is 9.84. The van der Waals surface area contributed by atoms with Crippen LogP contribution in [0.2, 0.25) is 0 Å². The molecule has 0 saturated heterocycles. The van der Waals surface area contributed by atoms with E-state index in [2.05, 4.69) is 74.6 Å². The molecule has 0 spiro atoms. The Morgan fingerprint density at radius 2 is 1.82 bits per heavy atom. The van der Waals surface area contributed by atoms with Crippen LogP contribution in [0, 0.1) is 13.0 Å². The van der Waals surface area contributed by atoms with Crippen molar-refractivity contribution >= 4 is 27.3 Å². The van der Waals surface area contributed by atoms with Crippen molar-refractivity contribution in [2.24, 2.45) is 0 Å². The number of nitrogens with zero attached hydrogens (tertiary/aromatic N) is 3. The average Bonchev–Trinajstić information content (AvgIpc) is 2.87. The molecule has 0 N–H and O–H groups in total. The van der Waals surface area contributed by atoms with E-state index in [4.69, 9.17) is 9.97 Å². The Labute approximate surface area is 239 Å². The van der Waals surface area contributed by atoms with Gasteiger partial charge in [-0.1, -0.05) is 87.9 Å². The third-order valence-electron chi connectivity index (χ3n) is 7.55. The molecule has 0 bridgehead atoms. The van der Waals surface area contributed by atoms with Gasteiger partial charge in [0.2, 0.25) is 0 Å². The molecular weight excluding hydrogens is 647 g/mol. The fourth-order valence-electron chi connectivity index (χ4n) is 5.97. The summed E-state index contributed by atoms with van der Waals surface area (Å²) >= 11 is 0. The number of pyridine rings is 2. The minimum atomic E-state index is -0.188. The van der Waals surface area contributed by atoms with Gasteiger partial charge >= 0.3 is 0 Å². The van der Waals surface area contributed by atoms with E-state index in [9.17, 15) is 4.79 Å². The summed E-state index contributed by atoms with van der Waals surface area (Å²) < 4.78 is 0. The SMILES string of the molecule is CC(=O)/C=C(/C)[N-]C1CCCCC1.Cc1cc2ccnc3c2c(n1)C(C)(C)c1c-3[c-]cc2ccccc12.[Ir]. The summed E-state index contributed by atoms with van der Waals surface area (Å²) in [6.45, 7) is 10.1. The molecule has 6 rings (SSSR count). The molecule has 0 aliphatic heterocycles. The van der Waals surface area contributed by atoms with Crippen LogP contribution in [-0.4, -0.2) is 21.8 Å². The molecule has 199 valence electrons. The first-order valence-corrected chi connectivity index (χ1v) is 13.4. The number of hydrogen-bond acceptors (Lipinski definition) is 3. The summed E-state index contributed by atoms with van der Waals surface area (Å²) in [4.78, 5) is 20.4. The molecule has 2 aliphatic carbocycles. The van der Waals surface area contributed by atoms with E-state index in [1.54, 1.807) is 13.0 Å². The van der Waals surface area contributed by atoms with Crippen molar-refractivity contribution in [2.45, 2.75) is 78.2 Å². The van der Waals surface area contributed by atoms with Crippen LogP contribution in [0.3, 0.4) is 0 Å². The van der Waals surface area contributed by atoms with Crippen molar-refractivity contribution in [1.29, 1.82) is 0 Å². The minimum Gasteiger partial charge on any atom is -0.685 e. The molecule has 0 amide bonds. The van der Waals surface area contributed by atoms with Gasteiger partial charge in [-0.2, -0.15) is 5.70 Å². The number of aryl methyl sites for hydroxylation is 1. The number of carbonyl (C=O) groups excluding carboxylic acids is 1. The molecule has 1 radical (unpaired) electrons. The van der Waals surface area contributed by atoms with Crippen molar-refractivity contribution in [2.75, 3.05) is 0 Å². The second-order valence-corrected chi connectivity index (χ2v) is 10.9. The van der Waals surface area contributed by atoms with Crippen LogP contribution in [0.1, 0.15) is 76.8 Å². The first-order valence-electron chi connectivity index (χ1n) is 13.4. The normalized spacial score (nSPS) is 16.2. The molecule has 5 heteroatoms. The van der Waals surface area contributed by atoms with Gasteiger partial charge in [0.15, 0.2) is 5.78 Å². The number of aromatic nitrogens is 2. The van der Waals surface area contributed by atoms with Gasteiger partial charge in [-0.15, -0.1) is 29.3 Å². The molecule has 1 fully saturated rings. The molecule has 2 aliphatic rings. The van der Waals surface area contributed by atoms with Crippen LogP contribution in [0.15, 0.2) is 60.4 Å². The van der Waals surface area contributed by atoms with E-state index in [1.165, 1.54) is 59.2 Å². The molecule has 38 heavy (non-hydrogen) atoms. The van der Waals surface area contributed by atoms with Gasteiger partial charge in [-0.05, 0) is 53.9 Å². The molecule has 0 unspecified atom stereocenters.